The van der Waals surface area contributed by atoms with Crippen molar-refractivity contribution in [1.29, 1.82) is 0 Å². The quantitative estimate of drug-likeness (QED) is 0.529. The number of hydrogen-bond donors (Lipinski definition) is 1. The van der Waals surface area contributed by atoms with E-state index in [1.165, 1.54) is 24.5 Å². The number of halogens is 3. The second-order valence-corrected chi connectivity index (χ2v) is 5.52. The Morgan fingerprint density at radius 2 is 1.76 bits per heavy atom. The van der Waals surface area contributed by atoms with Crippen molar-refractivity contribution in [3.05, 3.63) is 70.8 Å². The van der Waals surface area contributed by atoms with Gasteiger partial charge in [0.25, 0.3) is 5.56 Å². The Labute approximate surface area is 139 Å². The number of H-pyrrole nitrogens is 1. The molecule has 3 heterocycles. The largest absolute Gasteiger partial charge is 0.417 e. The third kappa shape index (κ3) is 2.53. The smallest absolute Gasteiger partial charge is 0.306 e. The van der Waals surface area contributed by atoms with Crippen LogP contribution in [0, 0.1) is 0 Å². The van der Waals surface area contributed by atoms with E-state index < -0.39 is 17.3 Å². The van der Waals surface area contributed by atoms with Gasteiger partial charge in [0.05, 0.1) is 11.3 Å². The van der Waals surface area contributed by atoms with E-state index in [4.69, 9.17) is 0 Å². The molecule has 1 N–H and O–H groups in total. The highest BCUT2D eigenvalue weighted by Crippen LogP contribution is 2.38. The minimum absolute atomic E-state index is 0.0962. The number of hydrogen-bond acceptors (Lipinski definition) is 3. The molecule has 0 aliphatic carbocycles. The summed E-state index contributed by atoms with van der Waals surface area (Å²) in [5.74, 6) is 0. The zero-order valence-electron chi connectivity index (χ0n) is 12.6. The van der Waals surface area contributed by atoms with Gasteiger partial charge < -0.3 is 4.98 Å². The summed E-state index contributed by atoms with van der Waals surface area (Å²) in [7, 11) is 0. The van der Waals surface area contributed by atoms with Crippen LogP contribution in [0.5, 0.6) is 0 Å². The lowest BCUT2D eigenvalue weighted by molar-refractivity contribution is -0.136. The summed E-state index contributed by atoms with van der Waals surface area (Å²) >= 11 is 0. The summed E-state index contributed by atoms with van der Waals surface area (Å²) in [4.78, 5) is 22.8. The Balaban J connectivity index is 2.19. The van der Waals surface area contributed by atoms with Crippen LogP contribution in [0.4, 0.5) is 13.2 Å². The van der Waals surface area contributed by atoms with Gasteiger partial charge in [0.15, 0.2) is 0 Å². The van der Waals surface area contributed by atoms with Gasteiger partial charge in [-0.05, 0) is 29.7 Å². The molecule has 124 valence electrons. The standard InChI is InChI=1S/C18H10F3N3O/c19-18(20,21)13-8-14(10-4-3-7-22-9-10)23-16-15(13)11-5-1-2-6-12(11)17(25)24-16/h1-9H,(H,23,24,25). The highest BCUT2D eigenvalue weighted by molar-refractivity contribution is 6.06. The lowest BCUT2D eigenvalue weighted by Gasteiger charge is -2.14. The van der Waals surface area contributed by atoms with Crippen LogP contribution in [0.25, 0.3) is 33.1 Å². The predicted molar refractivity (Wildman–Crippen MR) is 88.1 cm³/mol. The van der Waals surface area contributed by atoms with Gasteiger partial charge >= 0.3 is 6.18 Å². The molecule has 0 bridgehead atoms. The van der Waals surface area contributed by atoms with Crippen molar-refractivity contribution in [2.24, 2.45) is 0 Å². The van der Waals surface area contributed by atoms with Crippen molar-refractivity contribution >= 4 is 21.8 Å². The molecule has 4 aromatic rings. The fourth-order valence-electron chi connectivity index (χ4n) is 2.87. The number of benzene rings is 1. The number of pyridine rings is 3. The van der Waals surface area contributed by atoms with E-state index in [9.17, 15) is 18.0 Å². The molecular formula is C18H10F3N3O. The normalized spacial score (nSPS) is 12.0. The molecule has 0 radical (unpaired) electrons. The highest BCUT2D eigenvalue weighted by atomic mass is 19.4. The Kier molecular flexibility index (Phi) is 3.31. The molecule has 0 fully saturated rings. The highest BCUT2D eigenvalue weighted by Gasteiger charge is 2.34. The molecule has 0 atom stereocenters. The van der Waals surface area contributed by atoms with Gasteiger partial charge in [-0.1, -0.05) is 18.2 Å². The molecule has 4 nitrogen and oxygen atoms in total. The summed E-state index contributed by atoms with van der Waals surface area (Å²) in [5.41, 5.74) is -0.893. The van der Waals surface area contributed by atoms with Crippen LogP contribution in [0.1, 0.15) is 5.56 Å². The molecule has 0 spiro atoms. The lowest BCUT2D eigenvalue weighted by atomic mass is 10.0. The van der Waals surface area contributed by atoms with Crippen LogP contribution >= 0.6 is 0 Å². The molecule has 3 aromatic heterocycles. The van der Waals surface area contributed by atoms with Gasteiger partial charge in [-0.2, -0.15) is 13.2 Å². The summed E-state index contributed by atoms with van der Waals surface area (Å²) in [5, 5.41) is 0.297. The van der Waals surface area contributed by atoms with E-state index in [-0.39, 0.29) is 27.5 Å². The van der Waals surface area contributed by atoms with E-state index in [1.807, 2.05) is 0 Å². The third-order valence-corrected chi connectivity index (χ3v) is 3.96. The first-order valence-corrected chi connectivity index (χ1v) is 7.38. The predicted octanol–water partition coefficient (Wildman–Crippen LogP) is 4.16. The molecule has 0 aliphatic rings. The van der Waals surface area contributed by atoms with E-state index in [2.05, 4.69) is 15.0 Å². The average Bonchev–Trinajstić information content (AvgIpc) is 2.61. The number of nitrogens with zero attached hydrogens (tertiary/aromatic N) is 2. The van der Waals surface area contributed by atoms with E-state index >= 15 is 0 Å². The minimum atomic E-state index is -4.60. The van der Waals surface area contributed by atoms with Crippen molar-refractivity contribution in [3.63, 3.8) is 0 Å². The Bertz CT molecular complexity index is 1150. The molecule has 0 unspecified atom stereocenters. The number of aromatic amines is 1. The van der Waals surface area contributed by atoms with Crippen LogP contribution in [0.15, 0.2) is 59.7 Å². The topological polar surface area (TPSA) is 58.6 Å². The number of rotatable bonds is 1. The van der Waals surface area contributed by atoms with Gasteiger partial charge in [0.1, 0.15) is 5.65 Å². The van der Waals surface area contributed by atoms with Crippen LogP contribution < -0.4 is 5.56 Å². The first-order chi connectivity index (χ1) is 11.9. The number of nitrogens with one attached hydrogen (secondary N) is 1. The second-order valence-electron chi connectivity index (χ2n) is 5.52. The molecule has 1 aromatic carbocycles. The van der Waals surface area contributed by atoms with Gasteiger partial charge in [0, 0.05) is 28.7 Å². The molecule has 4 rings (SSSR count). The van der Waals surface area contributed by atoms with Gasteiger partial charge in [-0.3, -0.25) is 9.78 Å². The average molecular weight is 341 g/mol. The SMILES string of the molecule is O=c1[nH]c2nc(-c3cccnc3)cc(C(F)(F)F)c2c2ccccc12. The number of fused-ring (bicyclic) bond motifs is 3. The van der Waals surface area contributed by atoms with Gasteiger partial charge in [-0.25, -0.2) is 4.98 Å². The van der Waals surface area contributed by atoms with Crippen LogP contribution in [-0.4, -0.2) is 15.0 Å². The Hall–Kier alpha value is -3.22. The molecule has 25 heavy (non-hydrogen) atoms. The van der Waals surface area contributed by atoms with Crippen molar-refractivity contribution in [2.75, 3.05) is 0 Å². The monoisotopic (exact) mass is 341 g/mol. The first-order valence-electron chi connectivity index (χ1n) is 7.38. The fraction of sp³-hybridized carbons (Fsp3) is 0.0556. The maximum atomic E-state index is 13.7. The van der Waals surface area contributed by atoms with Crippen molar-refractivity contribution < 1.29 is 13.2 Å². The maximum absolute atomic E-state index is 13.7. The molecular weight excluding hydrogens is 331 g/mol. The zero-order chi connectivity index (χ0) is 17.6. The fourth-order valence-corrected chi connectivity index (χ4v) is 2.87. The van der Waals surface area contributed by atoms with Crippen molar-refractivity contribution in [2.45, 2.75) is 6.18 Å². The zero-order valence-corrected chi connectivity index (χ0v) is 12.6. The van der Waals surface area contributed by atoms with E-state index in [1.54, 1.807) is 24.3 Å². The van der Waals surface area contributed by atoms with Crippen LogP contribution in [0.2, 0.25) is 0 Å². The lowest BCUT2D eigenvalue weighted by Crippen LogP contribution is -2.12. The summed E-state index contributed by atoms with van der Waals surface area (Å²) in [6.07, 6.45) is -1.66. The summed E-state index contributed by atoms with van der Waals surface area (Å²) in [6, 6.07) is 10.4. The molecule has 7 heteroatoms. The van der Waals surface area contributed by atoms with Crippen LogP contribution in [-0.2, 0) is 6.18 Å². The molecule has 0 saturated carbocycles. The number of alkyl halides is 3. The van der Waals surface area contributed by atoms with Gasteiger partial charge in [-0.15, -0.1) is 0 Å². The minimum Gasteiger partial charge on any atom is -0.306 e. The first kappa shape index (κ1) is 15.3. The van der Waals surface area contributed by atoms with Crippen LogP contribution in [0.3, 0.4) is 0 Å². The van der Waals surface area contributed by atoms with Crippen molar-refractivity contribution in [1.82, 2.24) is 15.0 Å². The van der Waals surface area contributed by atoms with E-state index in [0.29, 0.717) is 5.56 Å². The number of aromatic nitrogens is 3. The summed E-state index contributed by atoms with van der Waals surface area (Å²) in [6.45, 7) is 0. The Morgan fingerprint density at radius 1 is 1.00 bits per heavy atom. The molecule has 0 aliphatic heterocycles. The third-order valence-electron chi connectivity index (χ3n) is 3.96. The molecule has 0 saturated heterocycles. The summed E-state index contributed by atoms with van der Waals surface area (Å²) < 4.78 is 41.1. The Morgan fingerprint density at radius 3 is 2.44 bits per heavy atom. The second kappa shape index (κ2) is 5.41. The van der Waals surface area contributed by atoms with Crippen molar-refractivity contribution in [3.8, 4) is 11.3 Å². The maximum Gasteiger partial charge on any atom is 0.417 e. The molecule has 0 amide bonds. The van der Waals surface area contributed by atoms with E-state index in [0.717, 1.165) is 6.07 Å². The van der Waals surface area contributed by atoms with Gasteiger partial charge in [0.2, 0.25) is 0 Å².